The van der Waals surface area contributed by atoms with Crippen molar-refractivity contribution in [3.8, 4) is 0 Å². The predicted molar refractivity (Wildman–Crippen MR) is 122 cm³/mol. The van der Waals surface area contributed by atoms with Crippen molar-refractivity contribution in [3.05, 3.63) is 68.8 Å². The van der Waals surface area contributed by atoms with Crippen LogP contribution in [0.3, 0.4) is 0 Å². The molecule has 0 atom stereocenters. The van der Waals surface area contributed by atoms with Gasteiger partial charge in [-0.25, -0.2) is 0 Å². The molecule has 4 nitrogen and oxygen atoms in total. The Balaban J connectivity index is 1.44. The molecule has 6 heteroatoms. The lowest BCUT2D eigenvalue weighted by Gasteiger charge is -2.32. The van der Waals surface area contributed by atoms with Gasteiger partial charge in [0, 0.05) is 34.8 Å². The van der Waals surface area contributed by atoms with Crippen LogP contribution in [-0.2, 0) is 6.54 Å². The van der Waals surface area contributed by atoms with Gasteiger partial charge in [0.2, 0.25) is 0 Å². The number of hydrogen-bond acceptors (Lipinski definition) is 3. The van der Waals surface area contributed by atoms with Gasteiger partial charge < -0.3 is 5.32 Å². The molecule has 2 N–H and O–H groups in total. The number of thiocarbonyl (C=S) groups is 1. The van der Waals surface area contributed by atoms with Crippen molar-refractivity contribution in [1.82, 2.24) is 15.5 Å². The summed E-state index contributed by atoms with van der Waals surface area (Å²) in [6.07, 6.45) is 2.04. The zero-order chi connectivity index (χ0) is 19.2. The molecule has 0 saturated carbocycles. The zero-order valence-electron chi connectivity index (χ0n) is 15.4. The van der Waals surface area contributed by atoms with Crippen LogP contribution < -0.4 is 10.6 Å². The first-order valence-electron chi connectivity index (χ1n) is 9.15. The zero-order valence-corrected chi connectivity index (χ0v) is 18.3. The monoisotopic (exact) mass is 493 g/mol. The first-order chi connectivity index (χ1) is 13.0. The number of aryl methyl sites for hydroxylation is 1. The van der Waals surface area contributed by atoms with Crippen LogP contribution in [0.15, 0.2) is 48.5 Å². The lowest BCUT2D eigenvalue weighted by Crippen LogP contribution is -2.48. The summed E-state index contributed by atoms with van der Waals surface area (Å²) in [6, 6.07) is 16.5. The number of rotatable bonds is 4. The molecule has 1 heterocycles. The summed E-state index contributed by atoms with van der Waals surface area (Å²) in [5.41, 5.74) is 3.14. The Morgan fingerprint density at radius 1 is 1.19 bits per heavy atom. The summed E-state index contributed by atoms with van der Waals surface area (Å²) < 4.78 is 1.07. The van der Waals surface area contributed by atoms with Crippen LogP contribution in [0, 0.1) is 10.5 Å². The molecule has 1 amide bonds. The SMILES string of the molecule is Cc1ccc(C(=O)NC(=S)NC2CCN(Cc3ccccc3)CC2)cc1I. The highest BCUT2D eigenvalue weighted by atomic mass is 127. The molecule has 1 aliphatic heterocycles. The number of carbonyl (C=O) groups is 1. The van der Waals surface area contributed by atoms with E-state index in [-0.39, 0.29) is 5.91 Å². The van der Waals surface area contributed by atoms with Crippen molar-refractivity contribution >= 4 is 45.8 Å². The lowest BCUT2D eigenvalue weighted by atomic mass is 10.0. The van der Waals surface area contributed by atoms with E-state index in [4.69, 9.17) is 12.2 Å². The first-order valence-corrected chi connectivity index (χ1v) is 10.6. The minimum atomic E-state index is -0.160. The van der Waals surface area contributed by atoms with E-state index < -0.39 is 0 Å². The third-order valence-electron chi connectivity index (χ3n) is 4.83. The molecule has 142 valence electrons. The van der Waals surface area contributed by atoms with Gasteiger partial charge in [0.25, 0.3) is 5.91 Å². The summed E-state index contributed by atoms with van der Waals surface area (Å²) in [4.78, 5) is 14.8. The second-order valence-electron chi connectivity index (χ2n) is 6.93. The number of hydrogen-bond donors (Lipinski definition) is 2. The molecule has 27 heavy (non-hydrogen) atoms. The smallest absolute Gasteiger partial charge is 0.257 e. The van der Waals surface area contributed by atoms with E-state index in [1.54, 1.807) is 0 Å². The van der Waals surface area contributed by atoms with Crippen molar-refractivity contribution in [1.29, 1.82) is 0 Å². The molecule has 0 aliphatic carbocycles. The van der Waals surface area contributed by atoms with E-state index in [0.29, 0.717) is 16.7 Å². The molecule has 2 aromatic carbocycles. The molecule has 1 fully saturated rings. The average Bonchev–Trinajstić information content (AvgIpc) is 2.66. The molecule has 1 saturated heterocycles. The van der Waals surface area contributed by atoms with Crippen LogP contribution >= 0.6 is 34.8 Å². The van der Waals surface area contributed by atoms with E-state index in [2.05, 4.69) is 62.4 Å². The Kier molecular flexibility index (Phi) is 7.20. The molecule has 0 bridgehead atoms. The van der Waals surface area contributed by atoms with Gasteiger partial charge in [-0.3, -0.25) is 15.0 Å². The quantitative estimate of drug-likeness (QED) is 0.502. The third-order valence-corrected chi connectivity index (χ3v) is 6.21. The minimum Gasteiger partial charge on any atom is -0.360 e. The molecular formula is C21H24IN3OS. The Bertz CT molecular complexity index is 804. The Labute approximate surface area is 179 Å². The third kappa shape index (κ3) is 5.99. The second-order valence-corrected chi connectivity index (χ2v) is 8.50. The topological polar surface area (TPSA) is 44.4 Å². The van der Waals surface area contributed by atoms with Crippen LogP contribution in [0.25, 0.3) is 0 Å². The highest BCUT2D eigenvalue weighted by Crippen LogP contribution is 2.15. The van der Waals surface area contributed by atoms with Crippen LogP contribution in [0.4, 0.5) is 0 Å². The van der Waals surface area contributed by atoms with Gasteiger partial charge in [0.05, 0.1) is 0 Å². The minimum absolute atomic E-state index is 0.160. The molecule has 2 aromatic rings. The van der Waals surface area contributed by atoms with Gasteiger partial charge in [-0.2, -0.15) is 0 Å². The number of nitrogens with zero attached hydrogens (tertiary/aromatic N) is 1. The molecule has 0 spiro atoms. The Morgan fingerprint density at radius 3 is 2.56 bits per heavy atom. The first kappa shape index (κ1) is 20.2. The maximum absolute atomic E-state index is 12.4. The van der Waals surface area contributed by atoms with Crippen molar-refractivity contribution < 1.29 is 4.79 Å². The van der Waals surface area contributed by atoms with Crippen molar-refractivity contribution in [3.63, 3.8) is 0 Å². The number of amides is 1. The Morgan fingerprint density at radius 2 is 1.89 bits per heavy atom. The van der Waals surface area contributed by atoms with E-state index in [0.717, 1.165) is 41.6 Å². The number of piperidine rings is 1. The largest absolute Gasteiger partial charge is 0.360 e. The van der Waals surface area contributed by atoms with E-state index in [1.807, 2.05) is 31.2 Å². The molecule has 0 radical (unpaired) electrons. The van der Waals surface area contributed by atoms with Gasteiger partial charge in [0.1, 0.15) is 0 Å². The maximum Gasteiger partial charge on any atom is 0.257 e. The summed E-state index contributed by atoms with van der Waals surface area (Å²) in [5, 5.41) is 6.52. The van der Waals surface area contributed by atoms with E-state index in [1.165, 1.54) is 5.56 Å². The molecule has 1 aliphatic rings. The number of likely N-dealkylation sites (tertiary alicyclic amines) is 1. The second kappa shape index (κ2) is 9.61. The number of benzene rings is 2. The molecular weight excluding hydrogens is 469 g/mol. The van der Waals surface area contributed by atoms with Crippen LogP contribution in [0.1, 0.15) is 34.3 Å². The van der Waals surface area contributed by atoms with Crippen molar-refractivity contribution in [2.75, 3.05) is 13.1 Å². The maximum atomic E-state index is 12.4. The van der Waals surface area contributed by atoms with Gasteiger partial charge in [-0.1, -0.05) is 36.4 Å². The van der Waals surface area contributed by atoms with Gasteiger partial charge in [-0.15, -0.1) is 0 Å². The predicted octanol–water partition coefficient (Wildman–Crippen LogP) is 3.87. The number of halogens is 1. The van der Waals surface area contributed by atoms with Crippen LogP contribution in [0.5, 0.6) is 0 Å². The van der Waals surface area contributed by atoms with E-state index in [9.17, 15) is 4.79 Å². The van der Waals surface area contributed by atoms with Crippen LogP contribution in [0.2, 0.25) is 0 Å². The number of carbonyl (C=O) groups excluding carboxylic acids is 1. The number of nitrogens with one attached hydrogen (secondary N) is 2. The average molecular weight is 493 g/mol. The fourth-order valence-electron chi connectivity index (χ4n) is 3.21. The summed E-state index contributed by atoms with van der Waals surface area (Å²) >= 11 is 7.58. The van der Waals surface area contributed by atoms with Crippen molar-refractivity contribution in [2.45, 2.75) is 32.4 Å². The highest BCUT2D eigenvalue weighted by molar-refractivity contribution is 14.1. The van der Waals surface area contributed by atoms with Gasteiger partial charge >= 0.3 is 0 Å². The fourth-order valence-corrected chi connectivity index (χ4v) is 3.98. The normalized spacial score (nSPS) is 15.3. The standard InChI is InChI=1S/C21H24IN3OS/c1-15-7-8-17(13-19(15)22)20(26)24-21(27)23-18-9-11-25(12-10-18)14-16-5-3-2-4-6-16/h2-8,13,18H,9-12,14H2,1H3,(H2,23,24,26,27). The summed E-state index contributed by atoms with van der Waals surface area (Å²) in [7, 11) is 0. The molecule has 3 rings (SSSR count). The molecule has 0 unspecified atom stereocenters. The van der Waals surface area contributed by atoms with Gasteiger partial charge in [-0.05, 0) is 77.8 Å². The summed E-state index contributed by atoms with van der Waals surface area (Å²) in [6.45, 7) is 5.07. The van der Waals surface area contributed by atoms with Crippen LogP contribution in [-0.4, -0.2) is 35.1 Å². The summed E-state index contributed by atoms with van der Waals surface area (Å²) in [5.74, 6) is -0.160. The fraction of sp³-hybridized carbons (Fsp3) is 0.333. The highest BCUT2D eigenvalue weighted by Gasteiger charge is 2.20. The van der Waals surface area contributed by atoms with Crippen molar-refractivity contribution in [2.24, 2.45) is 0 Å². The molecule has 0 aromatic heterocycles. The van der Waals surface area contributed by atoms with E-state index >= 15 is 0 Å². The van der Waals surface area contributed by atoms with Gasteiger partial charge in [0.15, 0.2) is 5.11 Å². The Hall–Kier alpha value is -1.51. The lowest BCUT2D eigenvalue weighted by molar-refractivity contribution is 0.0976.